The highest BCUT2D eigenvalue weighted by Crippen LogP contribution is 2.36. The van der Waals surface area contributed by atoms with Crippen LogP contribution in [0.3, 0.4) is 0 Å². The van der Waals surface area contributed by atoms with E-state index in [1.54, 1.807) is 11.3 Å². The largest absolute Gasteiger partial charge is 0.383 e. The molecule has 2 N–H and O–H groups in total. The van der Waals surface area contributed by atoms with Crippen molar-refractivity contribution in [2.45, 2.75) is 19.8 Å². The molecule has 0 spiro atoms. The smallest absolute Gasteiger partial charge is 0.136 e. The molecule has 0 saturated carbocycles. The van der Waals surface area contributed by atoms with Gasteiger partial charge in [-0.25, -0.2) is 9.97 Å². The first-order valence-electron chi connectivity index (χ1n) is 6.27. The fourth-order valence-corrected chi connectivity index (χ4v) is 3.04. The summed E-state index contributed by atoms with van der Waals surface area (Å²) in [6.07, 6.45) is 0. The highest BCUT2D eigenvalue weighted by molar-refractivity contribution is 7.17. The van der Waals surface area contributed by atoms with Crippen molar-refractivity contribution in [3.05, 3.63) is 41.5 Å². The number of nitrogens with two attached hydrogens (primary N) is 1. The molecule has 2 heterocycles. The molecule has 3 aromatic rings. The summed E-state index contributed by atoms with van der Waals surface area (Å²) in [6, 6.07) is 10.2. The van der Waals surface area contributed by atoms with E-state index in [9.17, 15) is 0 Å². The SMILES string of the molecule is CC(C)c1nc(N)c2c(-c3ccccc3)csc2n1. The first kappa shape index (κ1) is 12.1. The number of nitrogen functional groups attached to an aromatic ring is 1. The number of hydrogen-bond acceptors (Lipinski definition) is 4. The molecule has 0 saturated heterocycles. The van der Waals surface area contributed by atoms with E-state index in [-0.39, 0.29) is 5.92 Å². The molecule has 0 aliphatic heterocycles. The van der Waals surface area contributed by atoms with Gasteiger partial charge in [-0.05, 0) is 5.56 Å². The number of anilines is 1. The highest BCUT2D eigenvalue weighted by atomic mass is 32.1. The predicted molar refractivity (Wildman–Crippen MR) is 81.4 cm³/mol. The average Bonchev–Trinajstić information content (AvgIpc) is 2.84. The first-order chi connectivity index (χ1) is 9.16. The lowest BCUT2D eigenvalue weighted by Crippen LogP contribution is -2.01. The Bertz CT molecular complexity index is 717. The molecular formula is C15H15N3S. The Morgan fingerprint density at radius 3 is 2.53 bits per heavy atom. The Hall–Kier alpha value is -1.94. The summed E-state index contributed by atoms with van der Waals surface area (Å²) in [4.78, 5) is 10.0. The molecule has 1 aromatic carbocycles. The van der Waals surface area contributed by atoms with Crippen molar-refractivity contribution < 1.29 is 0 Å². The topological polar surface area (TPSA) is 51.8 Å². The third kappa shape index (κ3) is 2.08. The van der Waals surface area contributed by atoms with Crippen LogP contribution in [-0.4, -0.2) is 9.97 Å². The van der Waals surface area contributed by atoms with Gasteiger partial charge in [-0.15, -0.1) is 11.3 Å². The number of fused-ring (bicyclic) bond motifs is 1. The highest BCUT2D eigenvalue weighted by Gasteiger charge is 2.14. The first-order valence-corrected chi connectivity index (χ1v) is 7.15. The second-order valence-electron chi connectivity index (χ2n) is 4.82. The van der Waals surface area contributed by atoms with Gasteiger partial charge in [-0.1, -0.05) is 44.2 Å². The third-order valence-corrected chi connectivity index (χ3v) is 3.95. The molecule has 0 aliphatic rings. The summed E-state index contributed by atoms with van der Waals surface area (Å²) in [7, 11) is 0. The van der Waals surface area contributed by atoms with Gasteiger partial charge >= 0.3 is 0 Å². The van der Waals surface area contributed by atoms with Crippen molar-refractivity contribution in [2.75, 3.05) is 5.73 Å². The summed E-state index contributed by atoms with van der Waals surface area (Å²) in [5.41, 5.74) is 8.41. The summed E-state index contributed by atoms with van der Waals surface area (Å²) in [5.74, 6) is 1.68. The van der Waals surface area contributed by atoms with E-state index in [2.05, 4.69) is 41.3 Å². The maximum atomic E-state index is 6.13. The fourth-order valence-electron chi connectivity index (χ4n) is 2.07. The van der Waals surface area contributed by atoms with Crippen molar-refractivity contribution in [1.82, 2.24) is 9.97 Å². The minimum atomic E-state index is 0.286. The van der Waals surface area contributed by atoms with Crippen LogP contribution in [0.15, 0.2) is 35.7 Å². The van der Waals surface area contributed by atoms with Gasteiger partial charge in [0.05, 0.1) is 5.39 Å². The third-order valence-electron chi connectivity index (χ3n) is 3.08. The lowest BCUT2D eigenvalue weighted by Gasteiger charge is -2.06. The molecular weight excluding hydrogens is 254 g/mol. The maximum absolute atomic E-state index is 6.13. The van der Waals surface area contributed by atoms with Crippen molar-refractivity contribution in [2.24, 2.45) is 0 Å². The molecule has 2 aromatic heterocycles. The van der Waals surface area contributed by atoms with E-state index in [0.29, 0.717) is 5.82 Å². The van der Waals surface area contributed by atoms with Crippen molar-refractivity contribution in [3.63, 3.8) is 0 Å². The van der Waals surface area contributed by atoms with Crippen molar-refractivity contribution >= 4 is 27.4 Å². The van der Waals surface area contributed by atoms with Crippen LogP contribution >= 0.6 is 11.3 Å². The lowest BCUT2D eigenvalue weighted by molar-refractivity contribution is 0.786. The molecule has 0 amide bonds. The van der Waals surface area contributed by atoms with Crippen LogP contribution in [0.4, 0.5) is 5.82 Å². The summed E-state index contributed by atoms with van der Waals surface area (Å²) < 4.78 is 0. The molecule has 0 atom stereocenters. The number of aromatic nitrogens is 2. The molecule has 0 bridgehead atoms. The zero-order chi connectivity index (χ0) is 13.4. The van der Waals surface area contributed by atoms with Crippen molar-refractivity contribution in [1.29, 1.82) is 0 Å². The molecule has 0 radical (unpaired) electrons. The van der Waals surface area contributed by atoms with Gasteiger partial charge in [0, 0.05) is 16.9 Å². The number of nitrogens with zero attached hydrogens (tertiary/aromatic N) is 2. The molecule has 3 rings (SSSR count). The molecule has 0 aliphatic carbocycles. The summed E-state index contributed by atoms with van der Waals surface area (Å²) in [5, 5.41) is 3.08. The predicted octanol–water partition coefficient (Wildman–Crippen LogP) is 4.06. The van der Waals surface area contributed by atoms with Gasteiger partial charge in [0.1, 0.15) is 16.5 Å². The fraction of sp³-hybridized carbons (Fsp3) is 0.200. The zero-order valence-electron chi connectivity index (χ0n) is 10.9. The molecule has 19 heavy (non-hydrogen) atoms. The molecule has 4 heteroatoms. The molecule has 96 valence electrons. The summed E-state index contributed by atoms with van der Waals surface area (Å²) >= 11 is 1.62. The number of hydrogen-bond donors (Lipinski definition) is 1. The van der Waals surface area contributed by atoms with E-state index in [1.807, 2.05) is 18.2 Å². The number of rotatable bonds is 2. The van der Waals surface area contributed by atoms with E-state index in [1.165, 1.54) is 0 Å². The summed E-state index contributed by atoms with van der Waals surface area (Å²) in [6.45, 7) is 4.15. The standard InChI is InChI=1S/C15H15N3S/c1-9(2)14-17-13(16)12-11(8-19-15(12)18-14)10-6-4-3-5-7-10/h3-9H,1-2H3,(H2,16,17,18). The second kappa shape index (κ2) is 4.63. The van der Waals surface area contributed by atoms with Crippen LogP contribution < -0.4 is 5.73 Å². The van der Waals surface area contributed by atoms with E-state index >= 15 is 0 Å². The van der Waals surface area contributed by atoms with Gasteiger partial charge in [0.15, 0.2) is 0 Å². The normalized spacial score (nSPS) is 11.3. The Labute approximate surface area is 116 Å². The maximum Gasteiger partial charge on any atom is 0.136 e. The number of benzene rings is 1. The zero-order valence-corrected chi connectivity index (χ0v) is 11.7. The van der Waals surface area contributed by atoms with E-state index in [4.69, 9.17) is 5.73 Å². The monoisotopic (exact) mass is 269 g/mol. The van der Waals surface area contributed by atoms with Crippen molar-refractivity contribution in [3.8, 4) is 11.1 Å². The second-order valence-corrected chi connectivity index (χ2v) is 5.68. The number of thiophene rings is 1. The lowest BCUT2D eigenvalue weighted by atomic mass is 10.1. The van der Waals surface area contributed by atoms with Crippen LogP contribution in [0, 0.1) is 0 Å². The minimum Gasteiger partial charge on any atom is -0.383 e. The van der Waals surface area contributed by atoms with Crippen LogP contribution in [-0.2, 0) is 0 Å². The Morgan fingerprint density at radius 1 is 1.11 bits per heavy atom. The Morgan fingerprint density at radius 2 is 1.84 bits per heavy atom. The Balaban J connectivity index is 2.24. The van der Waals surface area contributed by atoms with E-state index < -0.39 is 0 Å². The van der Waals surface area contributed by atoms with Crippen LogP contribution in [0.1, 0.15) is 25.6 Å². The van der Waals surface area contributed by atoms with Gasteiger partial charge in [0.2, 0.25) is 0 Å². The molecule has 0 unspecified atom stereocenters. The molecule has 3 nitrogen and oxygen atoms in total. The minimum absolute atomic E-state index is 0.286. The van der Waals surface area contributed by atoms with Gasteiger partial charge in [-0.2, -0.15) is 0 Å². The van der Waals surface area contributed by atoms with Gasteiger partial charge in [-0.3, -0.25) is 0 Å². The van der Waals surface area contributed by atoms with Crippen LogP contribution in [0.25, 0.3) is 21.3 Å². The van der Waals surface area contributed by atoms with Gasteiger partial charge < -0.3 is 5.73 Å². The van der Waals surface area contributed by atoms with Gasteiger partial charge in [0.25, 0.3) is 0 Å². The van der Waals surface area contributed by atoms with E-state index in [0.717, 1.165) is 27.2 Å². The Kier molecular flexibility index (Phi) is 2.95. The average molecular weight is 269 g/mol. The van der Waals surface area contributed by atoms with Crippen LogP contribution in [0.2, 0.25) is 0 Å². The molecule has 0 fully saturated rings. The quantitative estimate of drug-likeness (QED) is 0.763. The van der Waals surface area contributed by atoms with Crippen LogP contribution in [0.5, 0.6) is 0 Å².